The van der Waals surface area contributed by atoms with Crippen molar-refractivity contribution in [3.8, 4) is 22.3 Å². The Morgan fingerprint density at radius 1 is 0.490 bits per heavy atom. The molecule has 1 heterocycles. The summed E-state index contributed by atoms with van der Waals surface area (Å²) in [6.45, 7) is 4.54. The van der Waals surface area contributed by atoms with E-state index in [9.17, 15) is 0 Å². The summed E-state index contributed by atoms with van der Waals surface area (Å²) in [5.41, 5.74) is 19.1. The summed E-state index contributed by atoms with van der Waals surface area (Å²) in [6, 6.07) is 34.0. The first-order valence-electron chi connectivity index (χ1n) is 20.1. The molecule has 2 atom stereocenters. The van der Waals surface area contributed by atoms with Gasteiger partial charge in [0.05, 0.1) is 0 Å². The number of benzene rings is 4. The molecule has 1 aliphatic heterocycles. The molecule has 0 bridgehead atoms. The molecule has 4 aliphatic carbocycles. The SMILES string of the molecule is CCc1ccc(-c2cccc3c2C=C(C2CCCCC2)[CH]3[Hf]2([CH]3C(C4CCCCC4)=Cc4c(-c5ccc(CC)cc5)cccc43)[CH2][CH2]2)cc1.Cl.Cl. The van der Waals surface area contributed by atoms with Crippen LogP contribution in [0.15, 0.2) is 96.1 Å². The van der Waals surface area contributed by atoms with Gasteiger partial charge < -0.3 is 0 Å². The molecule has 2 saturated carbocycles. The van der Waals surface area contributed by atoms with Crippen LogP contribution in [0.1, 0.15) is 119 Å². The van der Waals surface area contributed by atoms with Gasteiger partial charge in [0.1, 0.15) is 0 Å². The molecule has 0 N–H and O–H groups in total. The van der Waals surface area contributed by atoms with E-state index in [4.69, 9.17) is 0 Å². The third kappa shape index (κ3) is 6.65. The van der Waals surface area contributed by atoms with Gasteiger partial charge in [0.2, 0.25) is 0 Å². The molecule has 2 unspecified atom stereocenters. The summed E-state index contributed by atoms with van der Waals surface area (Å²) in [5, 5.41) is 0. The summed E-state index contributed by atoms with van der Waals surface area (Å²) >= 11 is -3.04. The maximum atomic E-state index is 2.80. The zero-order valence-corrected chi connectivity index (χ0v) is 36.0. The molecular weight excluding hydrogens is 826 g/mol. The van der Waals surface area contributed by atoms with E-state index >= 15 is 0 Å². The smallest absolute Gasteiger partial charge is 0.147 e. The Hall–Kier alpha value is -2.19. The second-order valence-corrected chi connectivity index (χ2v) is 32.9. The number of allylic oxidation sites excluding steroid dienone is 2. The Morgan fingerprint density at radius 3 is 1.24 bits per heavy atom. The van der Waals surface area contributed by atoms with Crippen LogP contribution in [-0.2, 0) is 32.8 Å². The molecule has 0 amide bonds. The van der Waals surface area contributed by atoms with Gasteiger partial charge in [-0.15, -0.1) is 24.8 Å². The molecule has 3 heteroatoms. The van der Waals surface area contributed by atoms with E-state index in [1.807, 2.05) is 11.1 Å². The molecule has 4 aromatic carbocycles. The van der Waals surface area contributed by atoms with E-state index in [0.717, 1.165) is 32.0 Å². The van der Waals surface area contributed by atoms with Crippen LogP contribution >= 0.6 is 24.8 Å². The first-order chi connectivity index (χ1) is 24.2. The van der Waals surface area contributed by atoms with Crippen molar-refractivity contribution in [3.05, 3.63) is 129 Å². The van der Waals surface area contributed by atoms with E-state index in [0.29, 0.717) is 0 Å². The van der Waals surface area contributed by atoms with Gasteiger partial charge in [-0.05, 0) is 0 Å². The Kier molecular flexibility index (Phi) is 11.4. The van der Waals surface area contributed by atoms with E-state index in [2.05, 4.69) is 111 Å². The molecule has 0 aromatic heterocycles. The van der Waals surface area contributed by atoms with Gasteiger partial charge in [0.25, 0.3) is 0 Å². The predicted octanol–water partition coefficient (Wildman–Crippen LogP) is 14.7. The monoisotopic (exact) mass is 882 g/mol. The van der Waals surface area contributed by atoms with Crippen molar-refractivity contribution >= 4 is 37.0 Å². The molecule has 9 rings (SSSR count). The van der Waals surface area contributed by atoms with Crippen LogP contribution in [-0.4, -0.2) is 0 Å². The third-order valence-corrected chi connectivity index (χ3v) is 32.5. The normalized spacial score (nSPS) is 22.2. The standard InChI is InChI=1S/2C23H25.C2H4.2ClH.Hf/c2*1-2-17-11-13-19(14-12-17)22-10-6-9-20-15-21(16-23(20)22)18-7-4-3-5-8-18;1-2;;;/h2*6,9-16,18H,2-5,7-8H2,1H3;1-2H2;2*1H;. The molecule has 1 saturated heterocycles. The molecular formula is C48H56Cl2Hf. The van der Waals surface area contributed by atoms with E-state index in [-0.39, 0.29) is 24.8 Å². The first-order valence-corrected chi connectivity index (χ1v) is 29.3. The van der Waals surface area contributed by atoms with Gasteiger partial charge in [0.15, 0.2) is 0 Å². The average Bonchev–Trinajstić information content (AvgIpc) is 3.69. The largest absolute Gasteiger partial charge is 0.147 e. The summed E-state index contributed by atoms with van der Waals surface area (Å²) < 4.78 is 4.63. The molecule has 0 nitrogen and oxygen atoms in total. The van der Waals surface area contributed by atoms with Gasteiger partial charge in [0, 0.05) is 0 Å². The van der Waals surface area contributed by atoms with Crippen LogP contribution in [0.5, 0.6) is 0 Å². The zero-order chi connectivity index (χ0) is 33.0. The molecule has 0 spiro atoms. The summed E-state index contributed by atoms with van der Waals surface area (Å²) in [5.74, 6) is 1.57. The maximum Gasteiger partial charge on any atom is -0.147 e. The van der Waals surface area contributed by atoms with Crippen LogP contribution in [0.4, 0.5) is 0 Å². The van der Waals surface area contributed by atoms with Crippen molar-refractivity contribution in [1.82, 2.24) is 0 Å². The fourth-order valence-electron chi connectivity index (χ4n) is 10.9. The third-order valence-electron chi connectivity index (χ3n) is 13.7. The van der Waals surface area contributed by atoms with Crippen LogP contribution in [0.2, 0.25) is 8.35 Å². The Balaban J connectivity index is 0.00000203. The number of hydrogen-bond acceptors (Lipinski definition) is 0. The quantitative estimate of drug-likeness (QED) is 0.155. The topological polar surface area (TPSA) is 0 Å². The summed E-state index contributed by atoms with van der Waals surface area (Å²) in [6.07, 6.45) is 22.0. The number of fused-ring (bicyclic) bond motifs is 2. The van der Waals surface area contributed by atoms with Crippen molar-refractivity contribution in [2.24, 2.45) is 11.8 Å². The van der Waals surface area contributed by atoms with Gasteiger partial charge in [-0.1, -0.05) is 0 Å². The minimum absolute atomic E-state index is 0. The van der Waals surface area contributed by atoms with E-state index < -0.39 is 20.0 Å². The van der Waals surface area contributed by atoms with Gasteiger partial charge in [-0.2, -0.15) is 0 Å². The van der Waals surface area contributed by atoms with Crippen molar-refractivity contribution < 1.29 is 20.0 Å². The molecule has 3 fully saturated rings. The van der Waals surface area contributed by atoms with E-state index in [1.165, 1.54) is 97.6 Å². The summed E-state index contributed by atoms with van der Waals surface area (Å²) in [7, 11) is 0. The number of aryl methyl sites for hydroxylation is 2. The van der Waals surface area contributed by atoms with Crippen LogP contribution in [0, 0.1) is 11.8 Å². The van der Waals surface area contributed by atoms with Gasteiger partial charge in [-0.3, -0.25) is 0 Å². The van der Waals surface area contributed by atoms with Crippen LogP contribution < -0.4 is 0 Å². The zero-order valence-electron chi connectivity index (χ0n) is 30.8. The minimum atomic E-state index is -3.04. The molecule has 266 valence electrons. The fraction of sp³-hybridized carbons (Fsp3) is 0.417. The minimum Gasteiger partial charge on any atom is -0.147 e. The second-order valence-electron chi connectivity index (χ2n) is 16.3. The number of halogens is 2. The van der Waals surface area contributed by atoms with Crippen molar-refractivity contribution in [1.29, 1.82) is 0 Å². The van der Waals surface area contributed by atoms with Gasteiger partial charge in [-0.25, -0.2) is 0 Å². The maximum absolute atomic E-state index is 3.04. The van der Waals surface area contributed by atoms with Gasteiger partial charge >= 0.3 is 302 Å². The Bertz CT molecular complexity index is 1760. The molecule has 4 aromatic rings. The first kappa shape index (κ1) is 37.1. The molecule has 0 radical (unpaired) electrons. The number of rotatable bonds is 8. The molecule has 51 heavy (non-hydrogen) atoms. The van der Waals surface area contributed by atoms with Crippen LogP contribution in [0.3, 0.4) is 0 Å². The Morgan fingerprint density at radius 2 is 0.882 bits per heavy atom. The van der Waals surface area contributed by atoms with Crippen molar-refractivity contribution in [2.45, 2.75) is 107 Å². The second kappa shape index (κ2) is 15.7. The van der Waals surface area contributed by atoms with Crippen molar-refractivity contribution in [2.75, 3.05) is 0 Å². The Labute approximate surface area is 324 Å². The summed E-state index contributed by atoms with van der Waals surface area (Å²) in [4.78, 5) is 0. The number of hydrogen-bond donors (Lipinski definition) is 0. The van der Waals surface area contributed by atoms with Crippen molar-refractivity contribution in [3.63, 3.8) is 0 Å². The van der Waals surface area contributed by atoms with Crippen LogP contribution in [0.25, 0.3) is 34.4 Å². The predicted molar refractivity (Wildman–Crippen MR) is 221 cm³/mol. The fourth-order valence-corrected chi connectivity index (χ4v) is 39.1. The average molecular weight is 882 g/mol. The molecule has 5 aliphatic rings. The van der Waals surface area contributed by atoms with E-state index in [1.54, 1.807) is 30.6 Å².